The predicted molar refractivity (Wildman–Crippen MR) is 105 cm³/mol. The fourth-order valence-electron chi connectivity index (χ4n) is 2.90. The first-order valence-electron chi connectivity index (χ1n) is 8.64. The summed E-state index contributed by atoms with van der Waals surface area (Å²) in [4.78, 5) is 12.5. The van der Waals surface area contributed by atoms with Crippen molar-refractivity contribution in [2.24, 2.45) is 0 Å². The molecule has 0 radical (unpaired) electrons. The fraction of sp³-hybridized carbons (Fsp3) is 0.316. The second-order valence-electron chi connectivity index (χ2n) is 6.43. The summed E-state index contributed by atoms with van der Waals surface area (Å²) < 4.78 is 33.4. The van der Waals surface area contributed by atoms with Crippen LogP contribution in [0.4, 0.5) is 5.69 Å². The van der Waals surface area contributed by atoms with Gasteiger partial charge in [0.2, 0.25) is 0 Å². The van der Waals surface area contributed by atoms with Gasteiger partial charge in [-0.2, -0.15) is 0 Å². The minimum absolute atomic E-state index is 0.00386. The number of nitrogens with one attached hydrogen (secondary N) is 2. The molecule has 1 heterocycles. The molecule has 1 amide bonds. The van der Waals surface area contributed by atoms with Crippen LogP contribution in [-0.4, -0.2) is 33.6 Å². The third-order valence-electron chi connectivity index (χ3n) is 4.31. The second kappa shape index (κ2) is 8.29. The summed E-state index contributed by atoms with van der Waals surface area (Å²) in [6.45, 7) is 2.92. The number of ether oxygens (including phenoxy) is 1. The fourth-order valence-corrected chi connectivity index (χ4v) is 4.58. The zero-order valence-electron chi connectivity index (χ0n) is 14.9. The van der Waals surface area contributed by atoms with Crippen LogP contribution in [0.5, 0.6) is 0 Å². The van der Waals surface area contributed by atoms with Gasteiger partial charge in [0.25, 0.3) is 15.9 Å². The Morgan fingerprint density at radius 1 is 1.26 bits per heavy atom. The van der Waals surface area contributed by atoms with Crippen molar-refractivity contribution >= 4 is 33.2 Å². The van der Waals surface area contributed by atoms with Gasteiger partial charge in [-0.05, 0) is 49.6 Å². The summed E-state index contributed by atoms with van der Waals surface area (Å²) in [7, 11) is -3.93. The zero-order chi connectivity index (χ0) is 19.4. The molecule has 1 aliphatic rings. The van der Waals surface area contributed by atoms with E-state index in [1.165, 1.54) is 6.07 Å². The lowest BCUT2D eigenvalue weighted by Crippen LogP contribution is -2.32. The van der Waals surface area contributed by atoms with Crippen molar-refractivity contribution in [1.82, 2.24) is 5.32 Å². The minimum Gasteiger partial charge on any atom is -0.376 e. The van der Waals surface area contributed by atoms with Gasteiger partial charge in [-0.3, -0.25) is 9.52 Å². The van der Waals surface area contributed by atoms with Gasteiger partial charge in [0.05, 0.1) is 22.4 Å². The predicted octanol–water partition coefficient (Wildman–Crippen LogP) is 3.36. The van der Waals surface area contributed by atoms with E-state index in [1.807, 2.05) is 6.92 Å². The van der Waals surface area contributed by atoms with Gasteiger partial charge in [0.15, 0.2) is 0 Å². The molecule has 144 valence electrons. The lowest BCUT2D eigenvalue weighted by atomic mass is 10.1. The van der Waals surface area contributed by atoms with E-state index < -0.39 is 10.0 Å². The van der Waals surface area contributed by atoms with E-state index >= 15 is 0 Å². The quantitative estimate of drug-likeness (QED) is 0.767. The molecule has 1 saturated heterocycles. The third kappa shape index (κ3) is 4.80. The van der Waals surface area contributed by atoms with Crippen LogP contribution in [-0.2, 0) is 14.8 Å². The van der Waals surface area contributed by atoms with Gasteiger partial charge in [-0.15, -0.1) is 0 Å². The molecule has 27 heavy (non-hydrogen) atoms. The Hall–Kier alpha value is -2.09. The number of carbonyl (C=O) groups excluding carboxylic acids is 1. The van der Waals surface area contributed by atoms with Crippen LogP contribution >= 0.6 is 11.6 Å². The maximum Gasteiger partial charge on any atom is 0.263 e. The number of sulfonamides is 1. The molecule has 0 aromatic heterocycles. The number of rotatable bonds is 6. The Labute approximate surface area is 163 Å². The molecule has 2 aromatic carbocycles. The first kappa shape index (κ1) is 19.7. The van der Waals surface area contributed by atoms with Gasteiger partial charge in [0.1, 0.15) is 4.90 Å². The Morgan fingerprint density at radius 3 is 2.74 bits per heavy atom. The van der Waals surface area contributed by atoms with Crippen molar-refractivity contribution in [2.45, 2.75) is 30.8 Å². The maximum atomic E-state index is 12.7. The highest BCUT2D eigenvalue weighted by Crippen LogP contribution is 2.26. The molecule has 8 heteroatoms. The SMILES string of the molecule is Cc1ccc(S(=O)(=O)Nc2ccccc2C(=O)NCC2CCCO2)c(Cl)c1. The molecule has 1 unspecified atom stereocenters. The third-order valence-corrected chi connectivity index (χ3v) is 6.16. The Bertz CT molecular complexity index is 940. The molecule has 0 saturated carbocycles. The molecule has 0 spiro atoms. The number of halogens is 1. The first-order valence-corrected chi connectivity index (χ1v) is 10.5. The van der Waals surface area contributed by atoms with Crippen molar-refractivity contribution in [3.8, 4) is 0 Å². The molecular formula is C19H21ClN2O4S. The zero-order valence-corrected chi connectivity index (χ0v) is 16.4. The number of aryl methyl sites for hydroxylation is 1. The van der Waals surface area contributed by atoms with Crippen molar-refractivity contribution < 1.29 is 17.9 Å². The molecule has 3 rings (SSSR count). The lowest BCUT2D eigenvalue weighted by Gasteiger charge is -2.15. The van der Waals surface area contributed by atoms with E-state index in [4.69, 9.17) is 16.3 Å². The summed E-state index contributed by atoms with van der Waals surface area (Å²) in [5.41, 5.74) is 1.29. The highest BCUT2D eigenvalue weighted by Gasteiger charge is 2.22. The maximum absolute atomic E-state index is 12.7. The number of hydrogen-bond donors (Lipinski definition) is 2. The van der Waals surface area contributed by atoms with Gasteiger partial charge in [-0.1, -0.05) is 29.8 Å². The molecule has 0 bridgehead atoms. The molecule has 2 aromatic rings. The number of hydrogen-bond acceptors (Lipinski definition) is 4. The van der Waals surface area contributed by atoms with Crippen LogP contribution in [0, 0.1) is 6.92 Å². The molecule has 1 atom stereocenters. The normalized spacial score (nSPS) is 16.9. The molecule has 2 N–H and O–H groups in total. The monoisotopic (exact) mass is 408 g/mol. The van der Waals surface area contributed by atoms with Gasteiger partial charge < -0.3 is 10.1 Å². The largest absolute Gasteiger partial charge is 0.376 e. The van der Waals surface area contributed by atoms with Crippen LogP contribution < -0.4 is 10.0 Å². The van der Waals surface area contributed by atoms with Crippen molar-refractivity contribution in [3.63, 3.8) is 0 Å². The summed E-state index contributed by atoms with van der Waals surface area (Å²) in [5, 5.41) is 2.93. The van der Waals surface area contributed by atoms with Gasteiger partial charge in [-0.25, -0.2) is 8.42 Å². The first-order chi connectivity index (χ1) is 12.9. The average molecular weight is 409 g/mol. The van der Waals surface area contributed by atoms with Crippen molar-refractivity contribution in [3.05, 3.63) is 58.6 Å². The molecule has 1 fully saturated rings. The van der Waals surface area contributed by atoms with E-state index in [-0.39, 0.29) is 33.2 Å². The highest BCUT2D eigenvalue weighted by molar-refractivity contribution is 7.92. The van der Waals surface area contributed by atoms with E-state index in [2.05, 4.69) is 10.0 Å². The topological polar surface area (TPSA) is 84.5 Å². The summed E-state index contributed by atoms with van der Waals surface area (Å²) in [6.07, 6.45) is 1.89. The van der Waals surface area contributed by atoms with Crippen molar-refractivity contribution in [1.29, 1.82) is 0 Å². The number of anilines is 1. The Morgan fingerprint density at radius 2 is 2.04 bits per heavy atom. The molecule has 6 nitrogen and oxygen atoms in total. The molecule has 0 aliphatic carbocycles. The summed E-state index contributed by atoms with van der Waals surface area (Å²) in [5.74, 6) is -0.362. The van der Waals surface area contributed by atoms with Gasteiger partial charge in [0, 0.05) is 13.2 Å². The number of para-hydroxylation sites is 1. The van der Waals surface area contributed by atoms with E-state index in [0.29, 0.717) is 13.2 Å². The van der Waals surface area contributed by atoms with E-state index in [9.17, 15) is 13.2 Å². The van der Waals surface area contributed by atoms with Crippen LogP contribution in [0.1, 0.15) is 28.8 Å². The summed E-state index contributed by atoms with van der Waals surface area (Å²) in [6, 6.07) is 11.1. The average Bonchev–Trinajstić information content (AvgIpc) is 3.13. The summed E-state index contributed by atoms with van der Waals surface area (Å²) >= 11 is 6.09. The standard InChI is InChI=1S/C19H21ClN2O4S/c1-13-8-9-18(16(20)11-13)27(24,25)22-17-7-3-2-6-15(17)19(23)21-12-14-5-4-10-26-14/h2-3,6-9,11,14,22H,4-5,10,12H2,1H3,(H,21,23). The van der Waals surface area contributed by atoms with Crippen LogP contribution in [0.3, 0.4) is 0 Å². The van der Waals surface area contributed by atoms with Crippen LogP contribution in [0.15, 0.2) is 47.4 Å². The Kier molecular flexibility index (Phi) is 6.04. The number of carbonyl (C=O) groups is 1. The highest BCUT2D eigenvalue weighted by atomic mass is 35.5. The smallest absolute Gasteiger partial charge is 0.263 e. The molecule has 1 aliphatic heterocycles. The minimum atomic E-state index is -3.93. The van der Waals surface area contributed by atoms with E-state index in [1.54, 1.807) is 36.4 Å². The van der Waals surface area contributed by atoms with Gasteiger partial charge >= 0.3 is 0 Å². The second-order valence-corrected chi connectivity index (χ2v) is 8.49. The Balaban J connectivity index is 1.79. The van der Waals surface area contributed by atoms with E-state index in [0.717, 1.165) is 18.4 Å². The van der Waals surface area contributed by atoms with Crippen LogP contribution in [0.25, 0.3) is 0 Å². The lowest BCUT2D eigenvalue weighted by molar-refractivity contribution is 0.0858. The number of benzene rings is 2. The number of amides is 1. The van der Waals surface area contributed by atoms with Crippen molar-refractivity contribution in [2.75, 3.05) is 17.9 Å². The van der Waals surface area contributed by atoms with Crippen LogP contribution in [0.2, 0.25) is 5.02 Å². The molecular weight excluding hydrogens is 388 g/mol.